The van der Waals surface area contributed by atoms with Gasteiger partial charge in [0.15, 0.2) is 5.82 Å². The van der Waals surface area contributed by atoms with E-state index in [0.717, 1.165) is 12.4 Å². The van der Waals surface area contributed by atoms with E-state index in [1.807, 2.05) is 4.57 Å². The molecule has 7 heteroatoms. The number of aromatic nitrogens is 4. The van der Waals surface area contributed by atoms with Gasteiger partial charge in [0.1, 0.15) is 11.5 Å². The van der Waals surface area contributed by atoms with Crippen molar-refractivity contribution >= 4 is 17.5 Å². The van der Waals surface area contributed by atoms with Gasteiger partial charge in [-0.25, -0.2) is 4.98 Å². The Bertz CT molecular complexity index is 579. The molecule has 0 radical (unpaired) electrons. The summed E-state index contributed by atoms with van der Waals surface area (Å²) in [7, 11) is 0. The zero-order valence-corrected chi connectivity index (χ0v) is 10.2. The van der Waals surface area contributed by atoms with Gasteiger partial charge in [-0.3, -0.25) is 4.79 Å². The number of rotatable bonds is 1. The largest absolute Gasteiger partial charge is 0.329 e. The van der Waals surface area contributed by atoms with Gasteiger partial charge in [-0.1, -0.05) is 11.6 Å². The van der Waals surface area contributed by atoms with Crippen molar-refractivity contribution in [1.29, 1.82) is 0 Å². The van der Waals surface area contributed by atoms with Crippen molar-refractivity contribution in [3.63, 3.8) is 0 Å². The van der Waals surface area contributed by atoms with E-state index in [0.29, 0.717) is 23.8 Å². The number of carbonyl (C=O) groups is 1. The van der Waals surface area contributed by atoms with Crippen LogP contribution in [0.2, 0.25) is 5.15 Å². The van der Waals surface area contributed by atoms with Crippen LogP contribution in [0.15, 0.2) is 24.7 Å². The van der Waals surface area contributed by atoms with Crippen LogP contribution in [0.4, 0.5) is 0 Å². The number of halogens is 1. The molecule has 6 nitrogen and oxygen atoms in total. The highest BCUT2D eigenvalue weighted by molar-refractivity contribution is 6.29. The van der Waals surface area contributed by atoms with Crippen molar-refractivity contribution in [3.05, 3.63) is 41.2 Å². The van der Waals surface area contributed by atoms with Crippen molar-refractivity contribution in [2.75, 3.05) is 6.54 Å². The van der Waals surface area contributed by atoms with Gasteiger partial charge in [0.2, 0.25) is 0 Å². The van der Waals surface area contributed by atoms with E-state index in [1.165, 1.54) is 6.20 Å². The molecule has 1 amide bonds. The molecule has 0 aromatic carbocycles. The Labute approximate surface area is 108 Å². The fourth-order valence-electron chi connectivity index (χ4n) is 1.92. The maximum Gasteiger partial charge on any atom is 0.255 e. The summed E-state index contributed by atoms with van der Waals surface area (Å²) in [5.74, 6) is 0.741. The maximum atomic E-state index is 12.2. The molecular formula is C11H10ClN5O. The van der Waals surface area contributed by atoms with Crippen LogP contribution >= 0.6 is 11.6 Å². The first-order chi connectivity index (χ1) is 8.74. The van der Waals surface area contributed by atoms with Crippen molar-refractivity contribution in [2.24, 2.45) is 0 Å². The Morgan fingerprint density at radius 1 is 1.33 bits per heavy atom. The summed E-state index contributed by atoms with van der Waals surface area (Å²) in [5, 5.41) is 8.19. The van der Waals surface area contributed by atoms with E-state index in [9.17, 15) is 4.79 Å². The van der Waals surface area contributed by atoms with E-state index in [1.54, 1.807) is 23.4 Å². The maximum absolute atomic E-state index is 12.2. The average Bonchev–Trinajstić information content (AvgIpc) is 2.86. The quantitative estimate of drug-likeness (QED) is 0.720. The third-order valence-corrected chi connectivity index (χ3v) is 3.12. The van der Waals surface area contributed by atoms with Crippen LogP contribution in [0.3, 0.4) is 0 Å². The predicted molar refractivity (Wildman–Crippen MR) is 64.0 cm³/mol. The standard InChI is InChI=1S/C11H10ClN5O/c12-9-2-1-8(5-13-9)11(18)16-3-4-17-7-14-15-10(17)6-16/h1-2,5,7H,3-4,6H2. The van der Waals surface area contributed by atoms with E-state index in [2.05, 4.69) is 15.2 Å². The Kier molecular flexibility index (Phi) is 2.71. The number of amides is 1. The Morgan fingerprint density at radius 2 is 2.22 bits per heavy atom. The van der Waals surface area contributed by atoms with E-state index in [4.69, 9.17) is 11.6 Å². The molecule has 0 fully saturated rings. The Hall–Kier alpha value is -1.95. The first-order valence-corrected chi connectivity index (χ1v) is 5.89. The van der Waals surface area contributed by atoms with Crippen LogP contribution in [0.25, 0.3) is 0 Å². The van der Waals surface area contributed by atoms with Gasteiger partial charge in [0.25, 0.3) is 5.91 Å². The van der Waals surface area contributed by atoms with Crippen LogP contribution < -0.4 is 0 Å². The summed E-state index contributed by atoms with van der Waals surface area (Å²) in [6.07, 6.45) is 3.17. The topological polar surface area (TPSA) is 63.9 Å². The molecule has 18 heavy (non-hydrogen) atoms. The molecule has 0 atom stereocenters. The number of hydrogen-bond donors (Lipinski definition) is 0. The normalized spacial score (nSPS) is 14.4. The SMILES string of the molecule is O=C(c1ccc(Cl)nc1)N1CCn2cnnc2C1. The molecule has 3 heterocycles. The van der Waals surface area contributed by atoms with Gasteiger partial charge in [-0.05, 0) is 12.1 Å². The molecule has 1 aliphatic rings. The number of nitrogens with zero attached hydrogens (tertiary/aromatic N) is 5. The molecule has 0 N–H and O–H groups in total. The zero-order valence-electron chi connectivity index (χ0n) is 9.45. The van der Waals surface area contributed by atoms with Crippen LogP contribution in [-0.2, 0) is 13.1 Å². The molecule has 0 saturated carbocycles. The lowest BCUT2D eigenvalue weighted by Crippen LogP contribution is -2.38. The minimum atomic E-state index is -0.0617. The summed E-state index contributed by atoms with van der Waals surface area (Å²) in [5.41, 5.74) is 0.535. The average molecular weight is 264 g/mol. The third kappa shape index (κ3) is 1.95. The van der Waals surface area contributed by atoms with Crippen LogP contribution in [0.1, 0.15) is 16.2 Å². The molecule has 0 spiro atoms. The van der Waals surface area contributed by atoms with Crippen LogP contribution in [0.5, 0.6) is 0 Å². The third-order valence-electron chi connectivity index (χ3n) is 2.90. The molecule has 2 aromatic heterocycles. The van der Waals surface area contributed by atoms with Gasteiger partial charge in [0.05, 0.1) is 12.1 Å². The summed E-state index contributed by atoms with van der Waals surface area (Å²) in [6, 6.07) is 3.29. The summed E-state index contributed by atoms with van der Waals surface area (Å²) >= 11 is 5.70. The number of pyridine rings is 1. The monoisotopic (exact) mass is 263 g/mol. The molecule has 92 valence electrons. The van der Waals surface area contributed by atoms with Gasteiger partial charge in [0, 0.05) is 19.3 Å². The number of carbonyl (C=O) groups excluding carboxylic acids is 1. The van der Waals surface area contributed by atoms with Crippen molar-refractivity contribution < 1.29 is 4.79 Å². The lowest BCUT2D eigenvalue weighted by molar-refractivity contribution is 0.0707. The van der Waals surface area contributed by atoms with Gasteiger partial charge < -0.3 is 9.47 Å². The molecule has 2 aromatic rings. The van der Waals surface area contributed by atoms with Crippen molar-refractivity contribution in [2.45, 2.75) is 13.1 Å². The van der Waals surface area contributed by atoms with E-state index >= 15 is 0 Å². The summed E-state index contributed by atoms with van der Waals surface area (Å²) in [4.78, 5) is 17.9. The van der Waals surface area contributed by atoms with E-state index < -0.39 is 0 Å². The Morgan fingerprint density at radius 3 is 3.00 bits per heavy atom. The fraction of sp³-hybridized carbons (Fsp3) is 0.273. The van der Waals surface area contributed by atoms with Gasteiger partial charge >= 0.3 is 0 Å². The molecule has 0 bridgehead atoms. The Balaban J connectivity index is 1.80. The highest BCUT2D eigenvalue weighted by atomic mass is 35.5. The summed E-state index contributed by atoms with van der Waals surface area (Å²) < 4.78 is 1.95. The molecule has 1 aliphatic heterocycles. The predicted octanol–water partition coefficient (Wildman–Crippen LogP) is 0.982. The second-order valence-corrected chi connectivity index (χ2v) is 4.42. The minimum Gasteiger partial charge on any atom is -0.329 e. The molecule has 0 aliphatic carbocycles. The molecule has 3 rings (SSSR count). The number of fused-ring (bicyclic) bond motifs is 1. The molecular weight excluding hydrogens is 254 g/mol. The van der Waals surface area contributed by atoms with Crippen LogP contribution in [-0.4, -0.2) is 37.1 Å². The summed E-state index contributed by atoms with van der Waals surface area (Å²) in [6.45, 7) is 1.84. The number of hydrogen-bond acceptors (Lipinski definition) is 4. The van der Waals surface area contributed by atoms with Crippen molar-refractivity contribution in [1.82, 2.24) is 24.6 Å². The molecule has 0 saturated heterocycles. The second-order valence-electron chi connectivity index (χ2n) is 4.04. The van der Waals surface area contributed by atoms with Gasteiger partial charge in [-0.15, -0.1) is 10.2 Å². The molecule has 0 unspecified atom stereocenters. The highest BCUT2D eigenvalue weighted by Gasteiger charge is 2.22. The fourth-order valence-corrected chi connectivity index (χ4v) is 2.04. The van der Waals surface area contributed by atoms with E-state index in [-0.39, 0.29) is 5.91 Å². The second kappa shape index (κ2) is 4.38. The lowest BCUT2D eigenvalue weighted by atomic mass is 10.2. The minimum absolute atomic E-state index is 0.0617. The zero-order chi connectivity index (χ0) is 12.5. The highest BCUT2D eigenvalue weighted by Crippen LogP contribution is 2.14. The van der Waals surface area contributed by atoms with Gasteiger partial charge in [-0.2, -0.15) is 0 Å². The smallest absolute Gasteiger partial charge is 0.255 e. The van der Waals surface area contributed by atoms with Crippen LogP contribution in [0, 0.1) is 0 Å². The first-order valence-electron chi connectivity index (χ1n) is 5.51. The van der Waals surface area contributed by atoms with Crippen molar-refractivity contribution in [3.8, 4) is 0 Å². The first kappa shape index (κ1) is 11.2. The lowest BCUT2D eigenvalue weighted by Gasteiger charge is -2.26.